The summed E-state index contributed by atoms with van der Waals surface area (Å²) in [6, 6.07) is 9.59. The van der Waals surface area contributed by atoms with Crippen LogP contribution in [0.25, 0.3) is 0 Å². The minimum Gasteiger partial charge on any atom is -0.493 e. The van der Waals surface area contributed by atoms with Crippen LogP contribution in [0, 0.1) is 11.8 Å². The molecule has 5 nitrogen and oxygen atoms in total. The largest absolute Gasteiger partial charge is 0.493 e. The third-order valence-electron chi connectivity index (χ3n) is 6.81. The Labute approximate surface area is 225 Å². The van der Waals surface area contributed by atoms with Gasteiger partial charge in [-0.25, -0.2) is 0 Å². The molecule has 0 amide bonds. The van der Waals surface area contributed by atoms with Crippen LogP contribution in [0.5, 0.6) is 11.5 Å². The molecule has 216 valence electrons. The lowest BCUT2D eigenvalue weighted by molar-refractivity contribution is -0.138. The normalized spacial score (nSPS) is 20.5. The van der Waals surface area contributed by atoms with Crippen molar-refractivity contribution in [3.63, 3.8) is 0 Å². The Morgan fingerprint density at radius 2 is 1.31 bits per heavy atom. The third kappa shape index (κ3) is 10.6. The fraction of sp³-hybridized carbons (Fsp3) is 0.556. The van der Waals surface area contributed by atoms with E-state index in [0.29, 0.717) is 30.6 Å². The van der Waals surface area contributed by atoms with E-state index in [1.165, 1.54) is 24.3 Å². The highest BCUT2D eigenvalue weighted by Crippen LogP contribution is 2.31. The maximum Gasteiger partial charge on any atom is 0.416 e. The summed E-state index contributed by atoms with van der Waals surface area (Å²) in [5, 5.41) is 12.8. The zero-order valence-corrected chi connectivity index (χ0v) is 21.9. The molecule has 2 heterocycles. The molecule has 0 aromatic heterocycles. The lowest BCUT2D eigenvalue weighted by Crippen LogP contribution is -2.45. The van der Waals surface area contributed by atoms with Crippen LogP contribution in [0.3, 0.4) is 0 Å². The Hall–Kier alpha value is -2.44. The van der Waals surface area contributed by atoms with E-state index in [1.54, 1.807) is 6.82 Å². The van der Waals surface area contributed by atoms with E-state index >= 15 is 0 Å². The molecular weight excluding hydrogens is 525 g/mol. The first-order chi connectivity index (χ1) is 18.4. The first kappa shape index (κ1) is 31.1. The van der Waals surface area contributed by atoms with Gasteiger partial charge in [0.05, 0.1) is 24.3 Å². The minimum absolute atomic E-state index is 0.288. The van der Waals surface area contributed by atoms with Crippen molar-refractivity contribution in [1.82, 2.24) is 10.1 Å². The average molecular weight is 560 g/mol. The van der Waals surface area contributed by atoms with E-state index in [4.69, 9.17) is 9.47 Å². The lowest BCUT2D eigenvalue weighted by Gasteiger charge is -2.33. The highest BCUT2D eigenvalue weighted by atomic mass is 19.4. The quantitative estimate of drug-likeness (QED) is 0.322. The van der Waals surface area contributed by atoms with Gasteiger partial charge in [0.2, 0.25) is 0 Å². The lowest BCUT2D eigenvalue weighted by atomic mass is 9.81. The molecule has 2 N–H and O–H groups in total. The summed E-state index contributed by atoms with van der Waals surface area (Å²) in [6.07, 6.45) is -4.38. The van der Waals surface area contributed by atoms with Crippen LogP contribution in [0.1, 0.15) is 36.8 Å². The molecule has 2 aliphatic rings. The molecule has 0 radical (unpaired) electrons. The number of hydrogen-bond acceptors (Lipinski definition) is 5. The predicted molar refractivity (Wildman–Crippen MR) is 138 cm³/mol. The zero-order chi connectivity index (χ0) is 28.5. The van der Waals surface area contributed by atoms with Gasteiger partial charge in [-0.05, 0) is 101 Å². The second-order valence-electron chi connectivity index (χ2n) is 10.0. The Morgan fingerprint density at radius 3 is 1.74 bits per heavy atom. The summed E-state index contributed by atoms with van der Waals surface area (Å²) < 4.78 is 85.4. The highest BCUT2D eigenvalue weighted by Gasteiger charge is 2.31. The summed E-state index contributed by atoms with van der Waals surface area (Å²) in [5.41, 5.74) is -1.32. The van der Waals surface area contributed by atoms with Crippen molar-refractivity contribution < 1.29 is 40.8 Å². The van der Waals surface area contributed by atoms with E-state index < -0.39 is 30.5 Å². The van der Waals surface area contributed by atoms with Crippen LogP contribution < -0.4 is 14.8 Å². The van der Waals surface area contributed by atoms with Crippen molar-refractivity contribution in [3.05, 3.63) is 59.7 Å². The standard InChI is InChI=1S/C14H19BF3NO2.C13H16F3NO/c1-15(20)19-8-2-3-11(9-19)10-21-13-6-4-12(5-7-13)14(16,17)18;14-13(15,16)11-3-5-12(6-4-11)18-9-10-2-1-7-17-8-10/h4-7,11,20H,2-3,8-10H2,1H3;3-6,10,17H,1-2,7-9H2/t11-;10-/m11/s1. The Bertz CT molecular complexity index is 981. The molecule has 2 aromatic rings. The molecular formula is C27H35BF6N2O3. The molecule has 39 heavy (non-hydrogen) atoms. The smallest absolute Gasteiger partial charge is 0.416 e. The van der Waals surface area contributed by atoms with Crippen LogP contribution in [0.2, 0.25) is 6.82 Å². The van der Waals surface area contributed by atoms with Gasteiger partial charge in [-0.2, -0.15) is 26.3 Å². The number of rotatable bonds is 7. The summed E-state index contributed by atoms with van der Waals surface area (Å²) in [4.78, 5) is 1.98. The zero-order valence-electron chi connectivity index (χ0n) is 21.9. The van der Waals surface area contributed by atoms with Gasteiger partial charge in [0.25, 0.3) is 0 Å². The maximum absolute atomic E-state index is 12.4. The first-order valence-electron chi connectivity index (χ1n) is 13.1. The number of benzene rings is 2. The summed E-state index contributed by atoms with van der Waals surface area (Å²) in [6.45, 7) is 6.32. The first-order valence-corrected chi connectivity index (χ1v) is 13.1. The minimum atomic E-state index is -4.32. The van der Waals surface area contributed by atoms with Gasteiger partial charge in [-0.15, -0.1) is 0 Å². The predicted octanol–water partition coefficient (Wildman–Crippen LogP) is 5.99. The molecule has 2 atom stereocenters. The topological polar surface area (TPSA) is 54.0 Å². The molecule has 2 saturated heterocycles. The monoisotopic (exact) mass is 560 g/mol. The van der Waals surface area contributed by atoms with Crippen LogP contribution in [0.4, 0.5) is 26.3 Å². The van der Waals surface area contributed by atoms with Crippen molar-refractivity contribution in [2.75, 3.05) is 39.4 Å². The Balaban J connectivity index is 0.000000218. The van der Waals surface area contributed by atoms with E-state index in [2.05, 4.69) is 5.32 Å². The number of nitrogens with one attached hydrogen (secondary N) is 1. The molecule has 0 bridgehead atoms. The number of halogens is 6. The summed E-state index contributed by atoms with van der Waals surface area (Å²) >= 11 is 0. The van der Waals surface area contributed by atoms with Gasteiger partial charge >= 0.3 is 19.4 Å². The molecule has 4 rings (SSSR count). The summed E-state index contributed by atoms with van der Waals surface area (Å²) in [7, 11) is -0.473. The molecule has 0 spiro atoms. The molecule has 12 heteroatoms. The van der Waals surface area contributed by atoms with Crippen molar-refractivity contribution >= 4 is 7.05 Å². The fourth-order valence-corrected chi connectivity index (χ4v) is 4.55. The van der Waals surface area contributed by atoms with Crippen LogP contribution in [-0.4, -0.2) is 56.3 Å². The van der Waals surface area contributed by atoms with Crippen molar-refractivity contribution in [3.8, 4) is 11.5 Å². The molecule has 2 aromatic carbocycles. The highest BCUT2D eigenvalue weighted by molar-refractivity contribution is 6.45. The van der Waals surface area contributed by atoms with Gasteiger partial charge in [0.1, 0.15) is 11.5 Å². The van der Waals surface area contributed by atoms with Crippen molar-refractivity contribution in [1.29, 1.82) is 0 Å². The second-order valence-corrected chi connectivity index (χ2v) is 10.0. The van der Waals surface area contributed by atoms with E-state index in [1.807, 2.05) is 4.81 Å². The molecule has 0 saturated carbocycles. The van der Waals surface area contributed by atoms with E-state index in [0.717, 1.165) is 76.1 Å². The number of ether oxygens (including phenoxy) is 2. The van der Waals surface area contributed by atoms with Crippen molar-refractivity contribution in [2.45, 2.75) is 44.9 Å². The molecule has 2 fully saturated rings. The number of nitrogens with zero attached hydrogens (tertiary/aromatic N) is 1. The fourth-order valence-electron chi connectivity index (χ4n) is 4.55. The Kier molecular flexibility index (Phi) is 11.4. The average Bonchev–Trinajstić information content (AvgIpc) is 2.91. The van der Waals surface area contributed by atoms with Gasteiger partial charge in [0.15, 0.2) is 0 Å². The van der Waals surface area contributed by atoms with Crippen LogP contribution in [0.15, 0.2) is 48.5 Å². The Morgan fingerprint density at radius 1 is 0.821 bits per heavy atom. The number of hydrogen-bond donors (Lipinski definition) is 2. The van der Waals surface area contributed by atoms with Gasteiger partial charge in [-0.3, -0.25) is 0 Å². The summed E-state index contributed by atoms with van der Waals surface area (Å²) in [5.74, 6) is 1.67. The molecule has 0 unspecified atom stereocenters. The van der Waals surface area contributed by atoms with Crippen LogP contribution >= 0.6 is 0 Å². The third-order valence-corrected chi connectivity index (χ3v) is 6.81. The number of alkyl halides is 6. The van der Waals surface area contributed by atoms with Gasteiger partial charge < -0.3 is 24.6 Å². The van der Waals surface area contributed by atoms with Crippen LogP contribution in [-0.2, 0) is 12.4 Å². The maximum atomic E-state index is 12.4. The van der Waals surface area contributed by atoms with Gasteiger partial charge in [0, 0.05) is 18.4 Å². The molecule has 0 aliphatic carbocycles. The SMILES string of the molecule is CB(O)N1CCC[C@@H](COc2ccc(C(F)(F)F)cc2)C1.FC(F)(F)c1ccc(OC[C@@H]2CCCNC2)cc1. The van der Waals surface area contributed by atoms with Crippen molar-refractivity contribution in [2.24, 2.45) is 11.8 Å². The second kappa shape index (κ2) is 14.3. The van der Waals surface area contributed by atoms with E-state index in [9.17, 15) is 31.4 Å². The number of piperidine rings is 2. The van der Waals surface area contributed by atoms with Gasteiger partial charge in [-0.1, -0.05) is 0 Å². The molecule has 2 aliphatic heterocycles. The van der Waals surface area contributed by atoms with E-state index in [-0.39, 0.29) is 5.92 Å².